The lowest BCUT2D eigenvalue weighted by Crippen LogP contribution is -2.19. The lowest BCUT2D eigenvalue weighted by atomic mass is 10.0. The van der Waals surface area contributed by atoms with E-state index in [9.17, 15) is 4.79 Å². The van der Waals surface area contributed by atoms with Gasteiger partial charge in [0.25, 0.3) is 5.91 Å². The van der Waals surface area contributed by atoms with Crippen molar-refractivity contribution in [2.24, 2.45) is 0 Å². The van der Waals surface area contributed by atoms with E-state index in [1.807, 2.05) is 0 Å². The second-order valence-corrected chi connectivity index (χ2v) is 3.16. The highest BCUT2D eigenvalue weighted by Gasteiger charge is 2.28. The van der Waals surface area contributed by atoms with Gasteiger partial charge in [-0.3, -0.25) is 4.79 Å². The highest BCUT2D eigenvalue weighted by Crippen LogP contribution is 2.30. The summed E-state index contributed by atoms with van der Waals surface area (Å²) in [6.45, 7) is 9.62. The van der Waals surface area contributed by atoms with Crippen molar-refractivity contribution in [2.75, 3.05) is 7.05 Å². The first-order valence-corrected chi connectivity index (χ1v) is 4.46. The monoisotopic (exact) mass is 177 g/mol. The number of carbonyl (C=O) groups is 1. The summed E-state index contributed by atoms with van der Waals surface area (Å²) in [7, 11) is 1.75. The molecule has 0 atom stereocenters. The Hall–Kier alpha value is -1.31. The van der Waals surface area contributed by atoms with Gasteiger partial charge in [0.2, 0.25) is 0 Å². The van der Waals surface area contributed by atoms with Crippen LogP contribution in [0.25, 0.3) is 0 Å². The molecular weight excluding hydrogens is 162 g/mol. The zero-order valence-electron chi connectivity index (χ0n) is 8.26. The minimum absolute atomic E-state index is 0.0171. The van der Waals surface area contributed by atoms with Gasteiger partial charge < -0.3 is 4.90 Å². The standard InChI is InChI=1S/C11H15NO/c1-5-7-10-8(3)12(4)11(13)9(10)6-2/h6H,2-3,5,7H2,1,4H3. The van der Waals surface area contributed by atoms with Gasteiger partial charge in [0.1, 0.15) is 0 Å². The number of amides is 1. The number of rotatable bonds is 3. The van der Waals surface area contributed by atoms with Gasteiger partial charge in [-0.15, -0.1) is 0 Å². The van der Waals surface area contributed by atoms with Gasteiger partial charge >= 0.3 is 0 Å². The van der Waals surface area contributed by atoms with Crippen LogP contribution >= 0.6 is 0 Å². The molecule has 1 rings (SSSR count). The molecule has 0 bridgehead atoms. The van der Waals surface area contributed by atoms with Crippen LogP contribution in [0.1, 0.15) is 19.8 Å². The van der Waals surface area contributed by atoms with Crippen molar-refractivity contribution >= 4 is 5.91 Å². The fraction of sp³-hybridized carbons (Fsp3) is 0.364. The molecule has 2 nitrogen and oxygen atoms in total. The first kappa shape index (κ1) is 9.78. The summed E-state index contributed by atoms with van der Waals surface area (Å²) >= 11 is 0. The van der Waals surface area contributed by atoms with E-state index >= 15 is 0 Å². The van der Waals surface area contributed by atoms with Crippen LogP contribution in [0.5, 0.6) is 0 Å². The quantitative estimate of drug-likeness (QED) is 0.647. The van der Waals surface area contributed by atoms with Crippen molar-refractivity contribution in [2.45, 2.75) is 19.8 Å². The Labute approximate surface area is 79.2 Å². The van der Waals surface area contributed by atoms with E-state index in [-0.39, 0.29) is 5.91 Å². The third-order valence-corrected chi connectivity index (χ3v) is 2.32. The van der Waals surface area contributed by atoms with Gasteiger partial charge in [-0.2, -0.15) is 0 Å². The third-order valence-electron chi connectivity index (χ3n) is 2.32. The summed E-state index contributed by atoms with van der Waals surface area (Å²) in [5, 5.41) is 0. The minimum Gasteiger partial charge on any atom is -0.312 e. The number of likely N-dealkylation sites (N-methyl/N-ethyl adjacent to an activating group) is 1. The number of hydrogen-bond acceptors (Lipinski definition) is 1. The summed E-state index contributed by atoms with van der Waals surface area (Å²) < 4.78 is 0. The zero-order chi connectivity index (χ0) is 10.0. The van der Waals surface area contributed by atoms with Gasteiger partial charge in [0.05, 0.1) is 0 Å². The maximum atomic E-state index is 11.6. The molecule has 1 aliphatic heterocycles. The molecule has 2 heteroatoms. The van der Waals surface area contributed by atoms with Crippen molar-refractivity contribution in [1.82, 2.24) is 4.90 Å². The van der Waals surface area contributed by atoms with E-state index in [4.69, 9.17) is 0 Å². The number of hydrogen-bond donors (Lipinski definition) is 0. The van der Waals surface area contributed by atoms with Gasteiger partial charge in [-0.25, -0.2) is 0 Å². The molecule has 1 heterocycles. The fourth-order valence-corrected chi connectivity index (χ4v) is 1.53. The molecule has 0 aromatic carbocycles. The summed E-state index contributed by atoms with van der Waals surface area (Å²) in [6, 6.07) is 0. The molecule has 0 radical (unpaired) electrons. The van der Waals surface area contributed by atoms with Crippen LogP contribution in [0, 0.1) is 0 Å². The molecular formula is C11H15NO. The lowest BCUT2D eigenvalue weighted by molar-refractivity contribution is -0.122. The van der Waals surface area contributed by atoms with Crippen LogP contribution in [0.4, 0.5) is 0 Å². The Kier molecular flexibility index (Phi) is 2.71. The Morgan fingerprint density at radius 2 is 2.15 bits per heavy atom. The molecule has 1 amide bonds. The highest BCUT2D eigenvalue weighted by molar-refractivity contribution is 6.02. The Morgan fingerprint density at radius 3 is 2.62 bits per heavy atom. The van der Waals surface area contributed by atoms with E-state index in [1.165, 1.54) is 0 Å². The van der Waals surface area contributed by atoms with E-state index in [0.29, 0.717) is 5.57 Å². The first-order valence-electron chi connectivity index (χ1n) is 4.46. The van der Waals surface area contributed by atoms with Crippen LogP contribution in [0.2, 0.25) is 0 Å². The van der Waals surface area contributed by atoms with E-state index < -0.39 is 0 Å². The molecule has 0 unspecified atom stereocenters. The maximum absolute atomic E-state index is 11.6. The van der Waals surface area contributed by atoms with Gasteiger partial charge in [0.15, 0.2) is 0 Å². The van der Waals surface area contributed by atoms with Crippen LogP contribution < -0.4 is 0 Å². The van der Waals surface area contributed by atoms with Gasteiger partial charge in [0, 0.05) is 18.3 Å². The van der Waals surface area contributed by atoms with Crippen molar-refractivity contribution in [3.63, 3.8) is 0 Å². The molecule has 0 aliphatic carbocycles. The predicted molar refractivity (Wildman–Crippen MR) is 54.0 cm³/mol. The Bertz CT molecular complexity index is 299. The largest absolute Gasteiger partial charge is 0.312 e. The third kappa shape index (κ3) is 1.44. The summed E-state index contributed by atoms with van der Waals surface area (Å²) in [5.41, 5.74) is 2.58. The second-order valence-electron chi connectivity index (χ2n) is 3.16. The molecule has 0 aromatic heterocycles. The van der Waals surface area contributed by atoms with Crippen molar-refractivity contribution in [1.29, 1.82) is 0 Å². The maximum Gasteiger partial charge on any atom is 0.258 e. The molecule has 0 fully saturated rings. The number of nitrogens with zero attached hydrogens (tertiary/aromatic N) is 1. The first-order chi connectivity index (χ1) is 6.13. The van der Waals surface area contributed by atoms with Crippen molar-refractivity contribution in [3.8, 4) is 0 Å². The minimum atomic E-state index is 0.0171. The Balaban J connectivity index is 3.09. The van der Waals surface area contributed by atoms with Crippen LogP contribution in [0.15, 0.2) is 36.1 Å². The van der Waals surface area contributed by atoms with E-state index in [0.717, 1.165) is 24.1 Å². The number of allylic oxidation sites excluding steroid dienone is 1. The van der Waals surface area contributed by atoms with Crippen LogP contribution in [-0.4, -0.2) is 17.9 Å². The molecule has 70 valence electrons. The average Bonchev–Trinajstić information content (AvgIpc) is 2.32. The highest BCUT2D eigenvalue weighted by atomic mass is 16.2. The van der Waals surface area contributed by atoms with Crippen molar-refractivity contribution < 1.29 is 4.79 Å². The second kappa shape index (κ2) is 3.60. The normalized spacial score (nSPS) is 17.2. The average molecular weight is 177 g/mol. The zero-order valence-corrected chi connectivity index (χ0v) is 8.26. The fourth-order valence-electron chi connectivity index (χ4n) is 1.53. The molecule has 0 N–H and O–H groups in total. The number of carbonyl (C=O) groups excluding carboxylic acids is 1. The van der Waals surface area contributed by atoms with Crippen molar-refractivity contribution in [3.05, 3.63) is 36.1 Å². The van der Waals surface area contributed by atoms with Gasteiger partial charge in [-0.05, 0) is 12.0 Å². The van der Waals surface area contributed by atoms with Crippen LogP contribution in [-0.2, 0) is 4.79 Å². The van der Waals surface area contributed by atoms with E-state index in [2.05, 4.69) is 20.1 Å². The molecule has 13 heavy (non-hydrogen) atoms. The summed E-state index contributed by atoms with van der Waals surface area (Å²) in [4.78, 5) is 13.2. The molecule has 1 aliphatic rings. The van der Waals surface area contributed by atoms with Crippen LogP contribution in [0.3, 0.4) is 0 Å². The molecule has 0 spiro atoms. The summed E-state index contributed by atoms with van der Waals surface area (Å²) in [6.07, 6.45) is 3.55. The lowest BCUT2D eigenvalue weighted by Gasteiger charge is -2.11. The molecule has 0 aromatic rings. The van der Waals surface area contributed by atoms with E-state index in [1.54, 1.807) is 18.0 Å². The SMILES string of the molecule is C=CC1=C(CCC)C(=C)N(C)C1=O. The Morgan fingerprint density at radius 1 is 1.54 bits per heavy atom. The predicted octanol–water partition coefficient (Wildman–Crippen LogP) is 2.25. The summed E-state index contributed by atoms with van der Waals surface area (Å²) in [5.74, 6) is 0.0171. The molecule has 0 saturated heterocycles. The molecule has 0 saturated carbocycles. The van der Waals surface area contributed by atoms with Gasteiger partial charge in [-0.1, -0.05) is 32.6 Å². The topological polar surface area (TPSA) is 20.3 Å². The smallest absolute Gasteiger partial charge is 0.258 e.